The largest absolute Gasteiger partial charge is 0.480 e. The van der Waals surface area contributed by atoms with Gasteiger partial charge in [-0.25, -0.2) is 14.4 Å². The van der Waals surface area contributed by atoms with Crippen LogP contribution in [0.2, 0.25) is 0 Å². The highest BCUT2D eigenvalue weighted by Gasteiger charge is 2.30. The fraction of sp³-hybridized carbons (Fsp3) is 0.389. The second kappa shape index (κ2) is 7.57. The van der Waals surface area contributed by atoms with E-state index in [4.69, 9.17) is 0 Å². The van der Waals surface area contributed by atoms with Gasteiger partial charge in [-0.2, -0.15) is 0 Å². The molecule has 7 heteroatoms. The van der Waals surface area contributed by atoms with Crippen LogP contribution in [0.3, 0.4) is 0 Å². The molecule has 1 N–H and O–H groups in total. The summed E-state index contributed by atoms with van der Waals surface area (Å²) in [6.45, 7) is 4.37. The van der Waals surface area contributed by atoms with Crippen molar-refractivity contribution in [1.29, 1.82) is 0 Å². The Morgan fingerprint density at radius 1 is 1.20 bits per heavy atom. The van der Waals surface area contributed by atoms with E-state index in [9.17, 15) is 14.3 Å². The first-order valence-corrected chi connectivity index (χ1v) is 8.31. The van der Waals surface area contributed by atoms with E-state index in [-0.39, 0.29) is 0 Å². The van der Waals surface area contributed by atoms with E-state index in [0.29, 0.717) is 31.1 Å². The quantitative estimate of drug-likeness (QED) is 0.917. The van der Waals surface area contributed by atoms with Crippen LogP contribution in [-0.4, -0.2) is 52.1 Å². The third kappa shape index (κ3) is 3.93. The molecule has 0 spiro atoms. The first kappa shape index (κ1) is 17.3. The highest BCUT2D eigenvalue weighted by molar-refractivity contribution is 5.76. The number of carboxylic acids is 1. The lowest BCUT2D eigenvalue weighted by molar-refractivity contribution is -0.143. The van der Waals surface area contributed by atoms with Crippen molar-refractivity contribution >= 4 is 11.9 Å². The number of hydrogen-bond donors (Lipinski definition) is 1. The Bertz CT molecular complexity index is 741. The van der Waals surface area contributed by atoms with Crippen LogP contribution in [0.15, 0.2) is 36.7 Å². The molecule has 0 aliphatic carbocycles. The molecule has 0 radical (unpaired) electrons. The van der Waals surface area contributed by atoms with Gasteiger partial charge in [-0.05, 0) is 42.7 Å². The van der Waals surface area contributed by atoms with Gasteiger partial charge in [0.25, 0.3) is 0 Å². The molecule has 1 saturated heterocycles. The van der Waals surface area contributed by atoms with E-state index >= 15 is 0 Å². The van der Waals surface area contributed by atoms with Gasteiger partial charge in [-0.15, -0.1) is 0 Å². The average Bonchev–Trinajstić information content (AvgIpc) is 2.85. The van der Waals surface area contributed by atoms with Gasteiger partial charge in [0.15, 0.2) is 0 Å². The van der Waals surface area contributed by atoms with Crippen LogP contribution in [0.5, 0.6) is 0 Å². The van der Waals surface area contributed by atoms with E-state index in [0.717, 1.165) is 18.5 Å². The summed E-state index contributed by atoms with van der Waals surface area (Å²) in [6.07, 6.45) is 4.18. The van der Waals surface area contributed by atoms with E-state index in [1.165, 1.54) is 12.1 Å². The SMILES string of the molecule is Cc1ccc(F)cc1C(C(=O)O)N1CCCN(c2ncccn2)CC1. The van der Waals surface area contributed by atoms with Gasteiger partial charge in [0.2, 0.25) is 5.95 Å². The number of rotatable bonds is 4. The third-order valence-corrected chi connectivity index (χ3v) is 4.50. The molecule has 0 bridgehead atoms. The van der Waals surface area contributed by atoms with Gasteiger partial charge >= 0.3 is 5.97 Å². The zero-order valence-corrected chi connectivity index (χ0v) is 14.1. The summed E-state index contributed by atoms with van der Waals surface area (Å²) in [4.78, 5) is 24.4. The molecule has 1 fully saturated rings. The van der Waals surface area contributed by atoms with Crippen LogP contribution in [0.4, 0.5) is 10.3 Å². The van der Waals surface area contributed by atoms with Crippen LogP contribution in [-0.2, 0) is 4.79 Å². The smallest absolute Gasteiger partial charge is 0.325 e. The molecule has 0 saturated carbocycles. The third-order valence-electron chi connectivity index (χ3n) is 4.50. The number of benzene rings is 1. The van der Waals surface area contributed by atoms with Crippen molar-refractivity contribution in [1.82, 2.24) is 14.9 Å². The van der Waals surface area contributed by atoms with Crippen molar-refractivity contribution in [2.45, 2.75) is 19.4 Å². The second-order valence-electron chi connectivity index (χ2n) is 6.17. The standard InChI is InChI=1S/C18H21FN4O2/c1-13-4-5-14(19)12-15(13)16(17(24)25)22-8-3-9-23(11-10-22)18-20-6-2-7-21-18/h2,4-7,12,16H,3,8-11H2,1H3,(H,24,25). The molecule has 1 unspecified atom stereocenters. The maximum absolute atomic E-state index is 13.7. The summed E-state index contributed by atoms with van der Waals surface area (Å²) in [5, 5.41) is 9.77. The minimum absolute atomic E-state index is 0.416. The second-order valence-corrected chi connectivity index (χ2v) is 6.17. The number of aliphatic carboxylic acids is 1. The van der Waals surface area contributed by atoms with Crippen molar-refractivity contribution in [3.8, 4) is 0 Å². The van der Waals surface area contributed by atoms with Gasteiger partial charge < -0.3 is 10.0 Å². The molecule has 132 valence electrons. The molecule has 25 heavy (non-hydrogen) atoms. The molecule has 1 aliphatic rings. The molecule has 6 nitrogen and oxygen atoms in total. The zero-order valence-electron chi connectivity index (χ0n) is 14.1. The highest BCUT2D eigenvalue weighted by Crippen LogP contribution is 2.26. The fourth-order valence-electron chi connectivity index (χ4n) is 3.24. The molecule has 1 atom stereocenters. The molecule has 2 heterocycles. The van der Waals surface area contributed by atoms with Gasteiger partial charge in [0.05, 0.1) is 0 Å². The Morgan fingerprint density at radius 3 is 2.68 bits per heavy atom. The van der Waals surface area contributed by atoms with Crippen molar-refractivity contribution in [3.05, 3.63) is 53.6 Å². The summed E-state index contributed by atoms with van der Waals surface area (Å²) < 4.78 is 13.7. The number of nitrogens with zero attached hydrogens (tertiary/aromatic N) is 4. The van der Waals surface area contributed by atoms with Crippen molar-refractivity contribution < 1.29 is 14.3 Å². The van der Waals surface area contributed by atoms with Crippen LogP contribution < -0.4 is 4.90 Å². The van der Waals surface area contributed by atoms with Crippen molar-refractivity contribution in [2.75, 3.05) is 31.1 Å². The van der Waals surface area contributed by atoms with E-state index < -0.39 is 17.8 Å². The summed E-state index contributed by atoms with van der Waals surface area (Å²) >= 11 is 0. The van der Waals surface area contributed by atoms with Crippen LogP contribution in [0.1, 0.15) is 23.6 Å². The topological polar surface area (TPSA) is 69.6 Å². The number of carboxylic acid groups (broad SMARTS) is 1. The van der Waals surface area contributed by atoms with Crippen molar-refractivity contribution in [3.63, 3.8) is 0 Å². The predicted molar refractivity (Wildman–Crippen MR) is 91.9 cm³/mol. The molecule has 0 amide bonds. The number of halogens is 1. The molecule has 2 aromatic rings. The zero-order chi connectivity index (χ0) is 17.8. The maximum atomic E-state index is 13.7. The van der Waals surface area contributed by atoms with Gasteiger partial charge in [-0.1, -0.05) is 6.07 Å². The monoisotopic (exact) mass is 344 g/mol. The predicted octanol–water partition coefficient (Wildman–Crippen LogP) is 2.26. The minimum atomic E-state index is -0.960. The van der Waals surface area contributed by atoms with Gasteiger partial charge in [0.1, 0.15) is 11.9 Å². The Morgan fingerprint density at radius 2 is 1.96 bits per heavy atom. The fourth-order valence-corrected chi connectivity index (χ4v) is 3.24. The van der Waals surface area contributed by atoms with E-state index in [1.54, 1.807) is 24.5 Å². The summed E-state index contributed by atoms with van der Waals surface area (Å²) in [5.41, 5.74) is 1.29. The number of hydrogen-bond acceptors (Lipinski definition) is 5. The van der Waals surface area contributed by atoms with Crippen LogP contribution in [0, 0.1) is 12.7 Å². The molecule has 3 rings (SSSR count). The maximum Gasteiger partial charge on any atom is 0.325 e. The lowest BCUT2D eigenvalue weighted by Crippen LogP contribution is -2.38. The van der Waals surface area contributed by atoms with Crippen molar-refractivity contribution in [2.24, 2.45) is 0 Å². The van der Waals surface area contributed by atoms with Gasteiger partial charge in [0, 0.05) is 38.6 Å². The first-order valence-electron chi connectivity index (χ1n) is 8.31. The molecular weight excluding hydrogens is 323 g/mol. The Kier molecular flexibility index (Phi) is 5.23. The van der Waals surface area contributed by atoms with E-state index in [1.807, 2.05) is 11.8 Å². The molecular formula is C18H21FN4O2. The Balaban J connectivity index is 1.81. The van der Waals surface area contributed by atoms with Gasteiger partial charge in [-0.3, -0.25) is 9.69 Å². The molecule has 1 aromatic carbocycles. The van der Waals surface area contributed by atoms with Crippen LogP contribution in [0.25, 0.3) is 0 Å². The molecule has 1 aromatic heterocycles. The minimum Gasteiger partial charge on any atom is -0.480 e. The van der Waals surface area contributed by atoms with Crippen LogP contribution >= 0.6 is 0 Å². The summed E-state index contributed by atoms with van der Waals surface area (Å²) in [6, 6.07) is 5.22. The highest BCUT2D eigenvalue weighted by atomic mass is 19.1. The lowest BCUT2D eigenvalue weighted by Gasteiger charge is -2.29. The Hall–Kier alpha value is -2.54. The normalized spacial score (nSPS) is 17.1. The average molecular weight is 344 g/mol. The summed E-state index contributed by atoms with van der Waals surface area (Å²) in [7, 11) is 0. The summed E-state index contributed by atoms with van der Waals surface area (Å²) in [5.74, 6) is -0.725. The number of anilines is 1. The molecule has 1 aliphatic heterocycles. The Labute approximate surface area is 145 Å². The number of aromatic nitrogens is 2. The lowest BCUT2D eigenvalue weighted by atomic mass is 9.99. The number of carbonyl (C=O) groups is 1. The number of aryl methyl sites for hydroxylation is 1. The van der Waals surface area contributed by atoms with E-state index in [2.05, 4.69) is 14.9 Å². The first-order chi connectivity index (χ1) is 12.1.